The molecule has 4 rings (SSSR count). The van der Waals surface area contributed by atoms with E-state index in [9.17, 15) is 14.9 Å². The molecule has 1 aliphatic rings. The summed E-state index contributed by atoms with van der Waals surface area (Å²) in [6, 6.07) is 21.1. The van der Waals surface area contributed by atoms with Crippen LogP contribution in [0.1, 0.15) is 16.5 Å². The maximum atomic E-state index is 12.5. The third kappa shape index (κ3) is 4.42. The molecule has 0 radical (unpaired) electrons. The Kier molecular flexibility index (Phi) is 5.92. The summed E-state index contributed by atoms with van der Waals surface area (Å²) in [7, 11) is 0. The quantitative estimate of drug-likeness (QED) is 0.368. The topological polar surface area (TPSA) is 72.7 Å². The van der Waals surface area contributed by atoms with Gasteiger partial charge in [0.2, 0.25) is 5.91 Å². The molecule has 8 heteroatoms. The summed E-state index contributed by atoms with van der Waals surface area (Å²) in [4.78, 5) is 24.6. The second kappa shape index (κ2) is 8.77. The number of ether oxygens (including phenoxy) is 1. The highest BCUT2D eigenvalue weighted by Gasteiger charge is 2.34. The number of rotatable bonds is 6. The molecule has 6 nitrogen and oxygen atoms in total. The van der Waals surface area contributed by atoms with Crippen LogP contribution in [0.4, 0.5) is 11.4 Å². The second-order valence-corrected chi connectivity index (χ2v) is 8.19. The number of thioether (sulfide) groups is 1. The predicted molar refractivity (Wildman–Crippen MR) is 118 cm³/mol. The third-order valence-electron chi connectivity index (χ3n) is 4.67. The van der Waals surface area contributed by atoms with E-state index in [1.165, 1.54) is 12.1 Å². The van der Waals surface area contributed by atoms with Crippen molar-refractivity contribution in [3.8, 4) is 5.75 Å². The summed E-state index contributed by atoms with van der Waals surface area (Å²) < 4.78 is 5.88. The van der Waals surface area contributed by atoms with Crippen molar-refractivity contribution in [1.29, 1.82) is 0 Å². The van der Waals surface area contributed by atoms with E-state index in [-0.39, 0.29) is 17.0 Å². The number of nitro benzene ring substituents is 1. The van der Waals surface area contributed by atoms with Crippen LogP contribution in [0.5, 0.6) is 5.75 Å². The molecule has 1 atom stereocenters. The van der Waals surface area contributed by atoms with Crippen LogP contribution in [-0.4, -0.2) is 16.6 Å². The number of anilines is 1. The Morgan fingerprint density at radius 1 is 1.10 bits per heavy atom. The molecule has 152 valence electrons. The van der Waals surface area contributed by atoms with Crippen LogP contribution in [0.25, 0.3) is 0 Å². The molecule has 1 aliphatic heterocycles. The molecule has 1 amide bonds. The summed E-state index contributed by atoms with van der Waals surface area (Å²) >= 11 is 7.54. The lowest BCUT2D eigenvalue weighted by Gasteiger charge is -2.24. The number of amides is 1. The van der Waals surface area contributed by atoms with E-state index >= 15 is 0 Å². The van der Waals surface area contributed by atoms with Gasteiger partial charge in [-0.2, -0.15) is 0 Å². The van der Waals surface area contributed by atoms with E-state index in [1.807, 2.05) is 36.4 Å². The van der Waals surface area contributed by atoms with Crippen LogP contribution in [-0.2, 0) is 11.4 Å². The third-order valence-corrected chi connectivity index (χ3v) is 6.13. The van der Waals surface area contributed by atoms with Crippen molar-refractivity contribution in [3.63, 3.8) is 0 Å². The highest BCUT2D eigenvalue weighted by molar-refractivity contribution is 8.00. The molecular formula is C22H17ClN2O4S. The molecule has 1 heterocycles. The number of halogens is 1. The Morgan fingerprint density at radius 2 is 1.83 bits per heavy atom. The van der Waals surface area contributed by atoms with Crippen molar-refractivity contribution in [3.05, 3.63) is 99.1 Å². The fourth-order valence-corrected chi connectivity index (χ4v) is 4.48. The molecule has 0 aliphatic carbocycles. The van der Waals surface area contributed by atoms with Crippen LogP contribution >= 0.6 is 23.4 Å². The number of non-ortho nitro benzene ring substituents is 1. The smallest absolute Gasteiger partial charge is 0.269 e. The monoisotopic (exact) mass is 440 g/mol. The van der Waals surface area contributed by atoms with Gasteiger partial charge in [0.15, 0.2) is 0 Å². The number of hydrogen-bond acceptors (Lipinski definition) is 5. The second-order valence-electron chi connectivity index (χ2n) is 6.69. The number of hydrogen-bond donors (Lipinski definition) is 0. The van der Waals surface area contributed by atoms with Crippen molar-refractivity contribution in [1.82, 2.24) is 0 Å². The van der Waals surface area contributed by atoms with Gasteiger partial charge in [0, 0.05) is 22.8 Å². The van der Waals surface area contributed by atoms with Gasteiger partial charge in [-0.15, -0.1) is 11.8 Å². The van der Waals surface area contributed by atoms with Crippen molar-refractivity contribution in [2.75, 3.05) is 10.7 Å². The zero-order valence-electron chi connectivity index (χ0n) is 15.7. The molecule has 0 aromatic heterocycles. The highest BCUT2D eigenvalue weighted by Crippen LogP contribution is 2.42. The number of nitro groups is 1. The van der Waals surface area contributed by atoms with Crippen LogP contribution in [0.15, 0.2) is 72.8 Å². The fourth-order valence-electron chi connectivity index (χ4n) is 3.19. The zero-order chi connectivity index (χ0) is 21.1. The largest absolute Gasteiger partial charge is 0.489 e. The Hall–Kier alpha value is -3.03. The average molecular weight is 441 g/mol. The van der Waals surface area contributed by atoms with Crippen molar-refractivity contribution in [2.24, 2.45) is 0 Å². The van der Waals surface area contributed by atoms with Gasteiger partial charge < -0.3 is 4.74 Å². The lowest BCUT2D eigenvalue weighted by Crippen LogP contribution is -2.27. The summed E-state index contributed by atoms with van der Waals surface area (Å²) in [5.74, 6) is 1.12. The molecule has 3 aromatic rings. The van der Waals surface area contributed by atoms with Gasteiger partial charge in [-0.05, 0) is 59.7 Å². The Bertz CT molecular complexity index is 1070. The van der Waals surface area contributed by atoms with E-state index in [2.05, 4.69) is 0 Å². The SMILES string of the molecule is O=C1CS[C@H](c2cccc(OCc3ccc([N+](=O)[O-])cc3)c2)N1c1ccc(Cl)cc1. The molecule has 1 fully saturated rings. The van der Waals surface area contributed by atoms with Crippen LogP contribution in [0, 0.1) is 10.1 Å². The van der Waals surface area contributed by atoms with Gasteiger partial charge in [-0.3, -0.25) is 19.8 Å². The predicted octanol–water partition coefficient (Wildman–Crippen LogP) is 5.61. The number of benzene rings is 3. The van der Waals surface area contributed by atoms with Crippen molar-refractivity contribution in [2.45, 2.75) is 12.0 Å². The summed E-state index contributed by atoms with van der Waals surface area (Å²) in [6.45, 7) is 0.291. The van der Waals surface area contributed by atoms with Crippen LogP contribution in [0.3, 0.4) is 0 Å². The number of carbonyl (C=O) groups excluding carboxylic acids is 1. The van der Waals surface area contributed by atoms with Gasteiger partial charge in [0.1, 0.15) is 17.7 Å². The molecule has 0 bridgehead atoms. The van der Waals surface area contributed by atoms with Crippen LogP contribution in [0.2, 0.25) is 5.02 Å². The Balaban J connectivity index is 1.50. The minimum Gasteiger partial charge on any atom is -0.489 e. The van der Waals surface area contributed by atoms with Gasteiger partial charge >= 0.3 is 0 Å². The molecule has 1 saturated heterocycles. The van der Waals surface area contributed by atoms with E-state index in [1.54, 1.807) is 40.9 Å². The van der Waals surface area contributed by atoms with Crippen molar-refractivity contribution < 1.29 is 14.5 Å². The first-order valence-electron chi connectivity index (χ1n) is 9.16. The standard InChI is InChI=1S/C22H17ClN2O4S/c23-17-6-10-18(11-7-17)24-21(26)14-30-22(24)16-2-1-3-20(12-16)29-13-15-4-8-19(9-5-15)25(27)28/h1-12,22H,13-14H2/t22-/m1/s1. The molecule has 0 N–H and O–H groups in total. The Morgan fingerprint density at radius 3 is 2.53 bits per heavy atom. The van der Waals surface area contributed by atoms with E-state index in [0.717, 1.165) is 16.8 Å². The maximum Gasteiger partial charge on any atom is 0.269 e. The van der Waals surface area contributed by atoms with E-state index in [4.69, 9.17) is 16.3 Å². The van der Waals surface area contributed by atoms with Gasteiger partial charge in [-0.1, -0.05) is 23.7 Å². The van der Waals surface area contributed by atoms with Crippen molar-refractivity contribution >= 4 is 40.6 Å². The number of carbonyl (C=O) groups is 1. The van der Waals surface area contributed by atoms with Crippen LogP contribution < -0.4 is 9.64 Å². The van der Waals surface area contributed by atoms with Gasteiger partial charge in [-0.25, -0.2) is 0 Å². The normalized spacial score (nSPS) is 16.0. The minimum atomic E-state index is -0.429. The van der Waals surface area contributed by atoms with Gasteiger partial charge in [0.05, 0.1) is 10.7 Å². The molecule has 3 aromatic carbocycles. The lowest BCUT2D eigenvalue weighted by molar-refractivity contribution is -0.384. The minimum absolute atomic E-state index is 0.0459. The summed E-state index contributed by atoms with van der Waals surface area (Å²) in [5.41, 5.74) is 2.64. The Labute approximate surface area is 182 Å². The molecule has 0 spiro atoms. The zero-order valence-corrected chi connectivity index (χ0v) is 17.3. The van der Waals surface area contributed by atoms with E-state index in [0.29, 0.717) is 23.1 Å². The lowest BCUT2D eigenvalue weighted by atomic mass is 10.1. The first-order valence-corrected chi connectivity index (χ1v) is 10.6. The summed E-state index contributed by atoms with van der Waals surface area (Å²) in [6.07, 6.45) is 0. The molecule has 0 saturated carbocycles. The highest BCUT2D eigenvalue weighted by atomic mass is 35.5. The number of nitrogens with zero attached hydrogens (tertiary/aromatic N) is 2. The molecular weight excluding hydrogens is 424 g/mol. The average Bonchev–Trinajstić information content (AvgIpc) is 3.15. The molecule has 30 heavy (non-hydrogen) atoms. The van der Waals surface area contributed by atoms with E-state index < -0.39 is 4.92 Å². The molecule has 0 unspecified atom stereocenters. The maximum absolute atomic E-state index is 12.5. The fraction of sp³-hybridized carbons (Fsp3) is 0.136. The summed E-state index contributed by atoms with van der Waals surface area (Å²) in [5, 5.41) is 11.2. The first kappa shape index (κ1) is 20.3. The first-order chi connectivity index (χ1) is 14.5. The van der Waals surface area contributed by atoms with Gasteiger partial charge in [0.25, 0.3) is 5.69 Å².